The lowest BCUT2D eigenvalue weighted by atomic mass is 9.66. The SMILES string of the molecule is CCCCCCC(C)(C)c1cc(OC)c(C2=C[C@H]3CC[C@]2(C)C3(C)C)c(OC)c1. The monoisotopic (exact) mass is 398 g/mol. The quantitative estimate of drug-likeness (QED) is 0.395. The van der Waals surface area contributed by atoms with Gasteiger partial charge in [-0.2, -0.15) is 0 Å². The van der Waals surface area contributed by atoms with Crippen LogP contribution in [0.15, 0.2) is 18.2 Å². The second-order valence-electron chi connectivity index (χ2n) is 10.7. The van der Waals surface area contributed by atoms with E-state index in [9.17, 15) is 0 Å². The van der Waals surface area contributed by atoms with E-state index in [1.54, 1.807) is 14.2 Å². The van der Waals surface area contributed by atoms with Crippen LogP contribution in [0.3, 0.4) is 0 Å². The Labute approximate surface area is 179 Å². The molecule has 1 saturated carbocycles. The Morgan fingerprint density at radius 2 is 1.62 bits per heavy atom. The summed E-state index contributed by atoms with van der Waals surface area (Å²) >= 11 is 0. The van der Waals surface area contributed by atoms with E-state index in [1.165, 1.54) is 61.6 Å². The lowest BCUT2D eigenvalue weighted by molar-refractivity contribution is 0.189. The molecule has 0 aromatic heterocycles. The first-order chi connectivity index (χ1) is 13.6. The second kappa shape index (κ2) is 8.00. The summed E-state index contributed by atoms with van der Waals surface area (Å²) < 4.78 is 12.0. The highest BCUT2D eigenvalue weighted by Gasteiger charge is 2.58. The van der Waals surface area contributed by atoms with Crippen molar-refractivity contribution in [2.24, 2.45) is 16.7 Å². The molecule has 0 unspecified atom stereocenters. The van der Waals surface area contributed by atoms with E-state index in [0.717, 1.165) is 11.5 Å². The largest absolute Gasteiger partial charge is 0.496 e. The van der Waals surface area contributed by atoms with Gasteiger partial charge in [0.1, 0.15) is 11.5 Å². The molecule has 2 aliphatic carbocycles. The number of hydrogen-bond donors (Lipinski definition) is 0. The molecule has 2 aliphatic rings. The highest BCUT2D eigenvalue weighted by Crippen LogP contribution is 2.69. The van der Waals surface area contributed by atoms with Crippen LogP contribution in [0.1, 0.15) is 97.6 Å². The van der Waals surface area contributed by atoms with Gasteiger partial charge in [-0.3, -0.25) is 0 Å². The molecule has 2 atom stereocenters. The van der Waals surface area contributed by atoms with Crippen molar-refractivity contribution in [2.75, 3.05) is 14.2 Å². The Bertz CT molecular complexity index is 746. The molecule has 1 aromatic carbocycles. The van der Waals surface area contributed by atoms with Gasteiger partial charge in [0.25, 0.3) is 0 Å². The molecule has 0 heterocycles. The van der Waals surface area contributed by atoms with Gasteiger partial charge >= 0.3 is 0 Å². The van der Waals surface area contributed by atoms with Gasteiger partial charge in [-0.1, -0.05) is 73.3 Å². The second-order valence-corrected chi connectivity index (χ2v) is 10.7. The number of ether oxygens (including phenoxy) is 2. The third-order valence-corrected chi connectivity index (χ3v) is 8.48. The summed E-state index contributed by atoms with van der Waals surface area (Å²) in [4.78, 5) is 0. The normalized spacial score (nSPS) is 25.2. The average Bonchev–Trinajstić information content (AvgIpc) is 3.03. The Hall–Kier alpha value is -1.44. The van der Waals surface area contributed by atoms with Crippen LogP contribution in [0, 0.1) is 16.7 Å². The molecule has 0 N–H and O–H groups in total. The topological polar surface area (TPSA) is 18.5 Å². The van der Waals surface area contributed by atoms with Crippen LogP contribution in [0.4, 0.5) is 0 Å². The molecule has 0 saturated heterocycles. The first-order valence-corrected chi connectivity index (χ1v) is 11.6. The molecule has 2 nitrogen and oxygen atoms in total. The molecule has 29 heavy (non-hydrogen) atoms. The lowest BCUT2D eigenvalue weighted by Crippen LogP contribution is -2.30. The van der Waals surface area contributed by atoms with E-state index >= 15 is 0 Å². The fraction of sp³-hybridized carbons (Fsp3) is 0.704. The summed E-state index contributed by atoms with van der Waals surface area (Å²) in [5, 5.41) is 0. The summed E-state index contributed by atoms with van der Waals surface area (Å²) in [5.41, 5.74) is 4.50. The molecule has 0 spiro atoms. The van der Waals surface area contributed by atoms with Crippen molar-refractivity contribution in [3.8, 4) is 11.5 Å². The van der Waals surface area contributed by atoms with Crippen molar-refractivity contribution in [2.45, 2.75) is 91.9 Å². The fourth-order valence-electron chi connectivity index (χ4n) is 5.76. The lowest BCUT2D eigenvalue weighted by Gasteiger charge is -2.38. The standard InChI is InChI=1S/C27H42O2/c1-9-10-11-12-14-25(2,3)20-17-22(28-7)24(23(18-20)29-8)21-16-19-13-15-27(21,6)26(19,4)5/h16-19H,9-15H2,1-8H3/t19-,27+/m1/s1. The third kappa shape index (κ3) is 3.62. The molecular weight excluding hydrogens is 356 g/mol. The molecular formula is C27H42O2. The molecule has 0 amide bonds. The number of allylic oxidation sites excluding steroid dienone is 2. The Morgan fingerprint density at radius 3 is 2.07 bits per heavy atom. The van der Waals surface area contributed by atoms with E-state index in [2.05, 4.69) is 59.8 Å². The zero-order valence-electron chi connectivity index (χ0n) is 20.1. The number of methoxy groups -OCH3 is 2. The first-order valence-electron chi connectivity index (χ1n) is 11.6. The minimum atomic E-state index is 0.110. The van der Waals surface area contributed by atoms with Gasteiger partial charge in [0.15, 0.2) is 0 Å². The maximum atomic E-state index is 5.98. The van der Waals surface area contributed by atoms with Gasteiger partial charge in [-0.25, -0.2) is 0 Å². The summed E-state index contributed by atoms with van der Waals surface area (Å²) in [5.74, 6) is 2.58. The van der Waals surface area contributed by atoms with Crippen LogP contribution in [-0.2, 0) is 5.41 Å². The Balaban J connectivity index is 2.00. The van der Waals surface area contributed by atoms with Crippen LogP contribution < -0.4 is 9.47 Å². The summed E-state index contributed by atoms with van der Waals surface area (Å²) in [6.07, 6.45) is 11.4. The molecule has 0 radical (unpaired) electrons. The van der Waals surface area contributed by atoms with E-state index in [4.69, 9.17) is 9.47 Å². The fourth-order valence-corrected chi connectivity index (χ4v) is 5.76. The van der Waals surface area contributed by atoms with Gasteiger partial charge in [-0.15, -0.1) is 0 Å². The number of benzene rings is 1. The van der Waals surface area contributed by atoms with E-state index in [-0.39, 0.29) is 16.2 Å². The third-order valence-electron chi connectivity index (χ3n) is 8.48. The minimum absolute atomic E-state index is 0.110. The van der Waals surface area contributed by atoms with Crippen molar-refractivity contribution >= 4 is 5.57 Å². The number of fused-ring (bicyclic) bond motifs is 2. The van der Waals surface area contributed by atoms with Crippen LogP contribution in [0.5, 0.6) is 11.5 Å². The van der Waals surface area contributed by atoms with Crippen molar-refractivity contribution in [3.63, 3.8) is 0 Å². The summed E-state index contributed by atoms with van der Waals surface area (Å²) in [6.45, 7) is 14.3. The van der Waals surface area contributed by atoms with Crippen molar-refractivity contribution < 1.29 is 9.47 Å². The van der Waals surface area contributed by atoms with Gasteiger partial charge < -0.3 is 9.47 Å². The Morgan fingerprint density at radius 1 is 1.00 bits per heavy atom. The number of hydrogen-bond acceptors (Lipinski definition) is 2. The minimum Gasteiger partial charge on any atom is -0.496 e. The van der Waals surface area contributed by atoms with Gasteiger partial charge in [0.2, 0.25) is 0 Å². The van der Waals surface area contributed by atoms with Gasteiger partial charge in [0, 0.05) is 0 Å². The molecule has 162 valence electrons. The van der Waals surface area contributed by atoms with E-state index in [0.29, 0.717) is 5.92 Å². The maximum absolute atomic E-state index is 5.98. The molecule has 1 aromatic rings. The summed E-state index contributed by atoms with van der Waals surface area (Å²) in [6, 6.07) is 4.56. The molecule has 2 bridgehead atoms. The zero-order valence-corrected chi connectivity index (χ0v) is 20.1. The van der Waals surface area contributed by atoms with Gasteiger partial charge in [-0.05, 0) is 64.7 Å². The predicted molar refractivity (Wildman–Crippen MR) is 124 cm³/mol. The smallest absolute Gasteiger partial charge is 0.130 e. The molecule has 3 rings (SSSR count). The zero-order chi connectivity index (χ0) is 21.4. The molecule has 0 aliphatic heterocycles. The Kier molecular flexibility index (Phi) is 6.14. The number of unbranched alkanes of at least 4 members (excludes halogenated alkanes) is 3. The van der Waals surface area contributed by atoms with Crippen molar-refractivity contribution in [3.05, 3.63) is 29.3 Å². The molecule has 1 fully saturated rings. The van der Waals surface area contributed by atoms with Crippen molar-refractivity contribution in [1.29, 1.82) is 0 Å². The highest BCUT2D eigenvalue weighted by atomic mass is 16.5. The average molecular weight is 399 g/mol. The maximum Gasteiger partial charge on any atom is 0.130 e. The van der Waals surface area contributed by atoms with Crippen LogP contribution in [0.25, 0.3) is 5.57 Å². The van der Waals surface area contributed by atoms with Gasteiger partial charge in [0.05, 0.1) is 19.8 Å². The van der Waals surface area contributed by atoms with E-state index in [1.807, 2.05) is 0 Å². The van der Waals surface area contributed by atoms with Crippen LogP contribution >= 0.6 is 0 Å². The van der Waals surface area contributed by atoms with Crippen molar-refractivity contribution in [1.82, 2.24) is 0 Å². The highest BCUT2D eigenvalue weighted by molar-refractivity contribution is 5.82. The van der Waals surface area contributed by atoms with E-state index < -0.39 is 0 Å². The summed E-state index contributed by atoms with van der Waals surface area (Å²) in [7, 11) is 3.61. The first kappa shape index (κ1) is 22.2. The predicted octanol–water partition coefficient (Wildman–Crippen LogP) is 7.79. The molecule has 2 heteroatoms. The van der Waals surface area contributed by atoms with Crippen LogP contribution in [0.2, 0.25) is 0 Å². The number of rotatable bonds is 9. The van der Waals surface area contributed by atoms with Crippen LogP contribution in [-0.4, -0.2) is 14.2 Å².